The van der Waals surface area contributed by atoms with E-state index in [-0.39, 0.29) is 0 Å². The highest BCUT2D eigenvalue weighted by Crippen LogP contribution is 2.25. The van der Waals surface area contributed by atoms with Crippen LogP contribution in [-0.2, 0) is 0 Å². The van der Waals surface area contributed by atoms with Gasteiger partial charge in [-0.25, -0.2) is 0 Å². The average molecular weight is 774 g/mol. The lowest BCUT2D eigenvalue weighted by atomic mass is 9.89. The van der Waals surface area contributed by atoms with Gasteiger partial charge in [-0.1, -0.05) is 348 Å². The molecule has 0 N–H and O–H groups in total. The Balaban J connectivity index is 3.93. The fraction of sp³-hybridized carbons (Fsp3) is 1.00. The Morgan fingerprint density at radius 2 is 0.255 bits per heavy atom. The molecule has 0 aliphatic rings. The fourth-order valence-electron chi connectivity index (χ4n) is 9.38. The Kier molecular flexibility index (Phi) is 52.0. The van der Waals surface area contributed by atoms with Gasteiger partial charge in [0.05, 0.1) is 0 Å². The van der Waals surface area contributed by atoms with E-state index >= 15 is 0 Å². The summed E-state index contributed by atoms with van der Waals surface area (Å²) in [4.78, 5) is 0. The Morgan fingerprint density at radius 1 is 0.145 bits per heavy atom. The summed E-state index contributed by atoms with van der Waals surface area (Å²) in [6.45, 7) is 6.96. The predicted molar refractivity (Wildman–Crippen MR) is 256 cm³/mol. The Labute approximate surface area is 352 Å². The minimum absolute atomic E-state index is 1.03. The zero-order chi connectivity index (χ0) is 39.6. The molecule has 0 heterocycles. The molecular weight excluding hydrogens is 661 g/mol. The second-order valence-corrected chi connectivity index (χ2v) is 19.1. The highest BCUT2D eigenvalue weighted by atomic mass is 14.2. The summed E-state index contributed by atoms with van der Waals surface area (Å²) in [5, 5.41) is 0. The van der Waals surface area contributed by atoms with Crippen LogP contribution in [0.2, 0.25) is 0 Å². The molecule has 0 aromatic rings. The molecule has 0 heteroatoms. The van der Waals surface area contributed by atoms with Gasteiger partial charge in [-0.3, -0.25) is 0 Å². The largest absolute Gasteiger partial charge is 0.0654 e. The summed E-state index contributed by atoms with van der Waals surface area (Å²) in [5.41, 5.74) is 0. The van der Waals surface area contributed by atoms with Crippen molar-refractivity contribution in [2.45, 2.75) is 348 Å². The number of rotatable bonds is 51. The van der Waals surface area contributed by atoms with Crippen molar-refractivity contribution < 1.29 is 0 Å². The molecule has 332 valence electrons. The van der Waals surface area contributed by atoms with E-state index in [2.05, 4.69) is 20.8 Å². The molecule has 0 amide bonds. The Hall–Kier alpha value is 0. The SMILES string of the molecule is CCCCCCCCCCCCCCCCCCCCC(CCCCCCCCCCCCCCCC)CCCCCCCCCCCCCCCCCC. The third-order valence-electron chi connectivity index (χ3n) is 13.4. The van der Waals surface area contributed by atoms with E-state index in [1.165, 1.54) is 327 Å². The maximum Gasteiger partial charge on any atom is -0.0414 e. The molecule has 0 fully saturated rings. The van der Waals surface area contributed by atoms with Crippen LogP contribution in [-0.4, -0.2) is 0 Å². The van der Waals surface area contributed by atoms with E-state index in [1.807, 2.05) is 0 Å². The van der Waals surface area contributed by atoms with Gasteiger partial charge < -0.3 is 0 Å². The standard InChI is InChI=1S/C55H112/c1-4-7-10-13-16-19-22-25-28-30-31-33-36-39-42-45-48-51-54-55(52-49-46-43-40-37-34-27-24-21-18-15-12-9-6-3)53-50-47-44-41-38-35-32-29-26-23-20-17-14-11-8-5-2/h55H,4-54H2,1-3H3. The lowest BCUT2D eigenvalue weighted by Crippen LogP contribution is -2.01. The molecule has 0 aliphatic carbocycles. The smallest absolute Gasteiger partial charge is 0.0414 e. The predicted octanol–water partition coefficient (Wildman–Crippen LogP) is 21.6. The molecule has 0 spiro atoms. The zero-order valence-corrected chi connectivity index (χ0v) is 39.6. The van der Waals surface area contributed by atoms with Gasteiger partial charge in [0.1, 0.15) is 0 Å². The van der Waals surface area contributed by atoms with Crippen LogP contribution in [0.25, 0.3) is 0 Å². The van der Waals surface area contributed by atoms with Crippen molar-refractivity contribution in [2.75, 3.05) is 0 Å². The monoisotopic (exact) mass is 773 g/mol. The first-order chi connectivity index (χ1) is 27.3. The second kappa shape index (κ2) is 52.0. The minimum Gasteiger partial charge on any atom is -0.0654 e. The third kappa shape index (κ3) is 50.1. The van der Waals surface area contributed by atoms with Crippen LogP contribution in [0.3, 0.4) is 0 Å². The molecule has 1 unspecified atom stereocenters. The first-order valence-electron chi connectivity index (χ1n) is 27.3. The van der Waals surface area contributed by atoms with E-state index in [4.69, 9.17) is 0 Å². The summed E-state index contributed by atoms with van der Waals surface area (Å²) in [6.07, 6.45) is 75.8. The Morgan fingerprint density at radius 3 is 0.382 bits per heavy atom. The molecule has 0 radical (unpaired) electrons. The average Bonchev–Trinajstić information content (AvgIpc) is 3.20. The van der Waals surface area contributed by atoms with Crippen molar-refractivity contribution >= 4 is 0 Å². The van der Waals surface area contributed by atoms with Crippen LogP contribution in [0, 0.1) is 5.92 Å². The molecule has 0 saturated carbocycles. The van der Waals surface area contributed by atoms with Crippen molar-refractivity contribution in [3.8, 4) is 0 Å². The van der Waals surface area contributed by atoms with Gasteiger partial charge in [0, 0.05) is 0 Å². The molecule has 0 aliphatic heterocycles. The van der Waals surface area contributed by atoms with Crippen LogP contribution in [0.15, 0.2) is 0 Å². The quantitative estimate of drug-likeness (QED) is 0.0540. The molecule has 0 rings (SSSR count). The summed E-state index contributed by atoms with van der Waals surface area (Å²) in [7, 11) is 0. The van der Waals surface area contributed by atoms with Crippen molar-refractivity contribution in [1.29, 1.82) is 0 Å². The van der Waals surface area contributed by atoms with Crippen LogP contribution < -0.4 is 0 Å². The summed E-state index contributed by atoms with van der Waals surface area (Å²) < 4.78 is 0. The minimum atomic E-state index is 1.03. The van der Waals surface area contributed by atoms with Crippen LogP contribution in [0.1, 0.15) is 348 Å². The second-order valence-electron chi connectivity index (χ2n) is 19.1. The molecular formula is C55H112. The summed E-state index contributed by atoms with van der Waals surface area (Å²) in [5.74, 6) is 1.03. The topological polar surface area (TPSA) is 0 Å². The van der Waals surface area contributed by atoms with Gasteiger partial charge in [0.2, 0.25) is 0 Å². The highest BCUT2D eigenvalue weighted by molar-refractivity contribution is 4.63. The highest BCUT2D eigenvalue weighted by Gasteiger charge is 2.09. The third-order valence-corrected chi connectivity index (χ3v) is 13.4. The molecule has 0 saturated heterocycles. The van der Waals surface area contributed by atoms with Crippen molar-refractivity contribution in [2.24, 2.45) is 5.92 Å². The molecule has 1 atom stereocenters. The van der Waals surface area contributed by atoms with Crippen LogP contribution in [0.5, 0.6) is 0 Å². The van der Waals surface area contributed by atoms with E-state index < -0.39 is 0 Å². The van der Waals surface area contributed by atoms with Crippen molar-refractivity contribution in [3.05, 3.63) is 0 Å². The van der Waals surface area contributed by atoms with Gasteiger partial charge >= 0.3 is 0 Å². The Bertz CT molecular complexity index is 622. The van der Waals surface area contributed by atoms with E-state index in [1.54, 1.807) is 0 Å². The number of hydrogen-bond donors (Lipinski definition) is 0. The maximum absolute atomic E-state index is 2.32. The van der Waals surface area contributed by atoms with Gasteiger partial charge in [0.15, 0.2) is 0 Å². The van der Waals surface area contributed by atoms with E-state index in [0.717, 1.165) is 5.92 Å². The molecule has 0 nitrogen and oxygen atoms in total. The lowest BCUT2D eigenvalue weighted by Gasteiger charge is -2.17. The lowest BCUT2D eigenvalue weighted by molar-refractivity contribution is 0.365. The number of hydrogen-bond acceptors (Lipinski definition) is 0. The fourth-order valence-corrected chi connectivity index (χ4v) is 9.38. The molecule has 55 heavy (non-hydrogen) atoms. The van der Waals surface area contributed by atoms with Crippen LogP contribution >= 0.6 is 0 Å². The van der Waals surface area contributed by atoms with Crippen molar-refractivity contribution in [3.63, 3.8) is 0 Å². The summed E-state index contributed by atoms with van der Waals surface area (Å²) in [6, 6.07) is 0. The van der Waals surface area contributed by atoms with E-state index in [9.17, 15) is 0 Å². The van der Waals surface area contributed by atoms with Crippen molar-refractivity contribution in [1.82, 2.24) is 0 Å². The van der Waals surface area contributed by atoms with Gasteiger partial charge in [-0.2, -0.15) is 0 Å². The molecule has 0 bridgehead atoms. The normalized spacial score (nSPS) is 12.3. The number of unbranched alkanes of at least 4 members (excludes halogenated alkanes) is 45. The van der Waals surface area contributed by atoms with Gasteiger partial charge in [-0.15, -0.1) is 0 Å². The van der Waals surface area contributed by atoms with E-state index in [0.29, 0.717) is 0 Å². The molecule has 0 aromatic heterocycles. The molecule has 0 aromatic carbocycles. The van der Waals surface area contributed by atoms with Gasteiger partial charge in [-0.05, 0) is 5.92 Å². The first kappa shape index (κ1) is 55.0. The zero-order valence-electron chi connectivity index (χ0n) is 39.6. The van der Waals surface area contributed by atoms with Crippen LogP contribution in [0.4, 0.5) is 0 Å². The van der Waals surface area contributed by atoms with Gasteiger partial charge in [0.25, 0.3) is 0 Å². The maximum atomic E-state index is 2.32. The first-order valence-corrected chi connectivity index (χ1v) is 27.3. The summed E-state index contributed by atoms with van der Waals surface area (Å²) >= 11 is 0.